The number of ether oxygens (including phenoxy) is 1. The van der Waals surface area contributed by atoms with E-state index in [0.717, 1.165) is 25.8 Å². The van der Waals surface area contributed by atoms with Gasteiger partial charge in [0.15, 0.2) is 16.7 Å². The molecular weight excluding hydrogens is 226 g/mol. The standard InChI is InChI=1S/C11H14ClN3O/c1-3-4-5-6-7-13-11-9(16-2)10(12)14-8-15-11/h1,8H,4-7H2,2H3,(H,13,14,15). The molecule has 5 heteroatoms. The smallest absolute Gasteiger partial charge is 0.198 e. The molecule has 0 bridgehead atoms. The van der Waals surface area contributed by atoms with Crippen LogP contribution in [-0.2, 0) is 0 Å². The SMILES string of the molecule is C#CCCCCNc1ncnc(Cl)c1OC. The number of terminal acetylenes is 1. The molecule has 1 aromatic rings. The molecule has 0 aromatic carbocycles. The first kappa shape index (κ1) is 12.6. The van der Waals surface area contributed by atoms with E-state index in [1.165, 1.54) is 13.4 Å². The number of methoxy groups -OCH3 is 1. The van der Waals surface area contributed by atoms with Crippen LogP contribution < -0.4 is 10.1 Å². The largest absolute Gasteiger partial charge is 0.490 e. The van der Waals surface area contributed by atoms with Crippen molar-refractivity contribution in [2.75, 3.05) is 19.0 Å². The summed E-state index contributed by atoms with van der Waals surface area (Å²) < 4.78 is 5.10. The minimum atomic E-state index is 0.309. The molecule has 0 radical (unpaired) electrons. The Morgan fingerprint density at radius 2 is 2.31 bits per heavy atom. The molecule has 0 amide bonds. The van der Waals surface area contributed by atoms with Crippen molar-refractivity contribution < 1.29 is 4.74 Å². The molecule has 0 saturated carbocycles. The van der Waals surface area contributed by atoms with Crippen LogP contribution in [0.15, 0.2) is 6.33 Å². The molecule has 0 spiro atoms. The molecule has 0 aliphatic carbocycles. The van der Waals surface area contributed by atoms with Gasteiger partial charge in [-0.15, -0.1) is 12.3 Å². The number of anilines is 1. The van der Waals surface area contributed by atoms with E-state index in [-0.39, 0.29) is 0 Å². The van der Waals surface area contributed by atoms with Gasteiger partial charge in [-0.2, -0.15) is 0 Å². The van der Waals surface area contributed by atoms with E-state index in [1.54, 1.807) is 0 Å². The number of unbranched alkanes of at least 4 members (excludes halogenated alkanes) is 2. The predicted octanol–water partition coefficient (Wildman–Crippen LogP) is 2.35. The van der Waals surface area contributed by atoms with Crippen LogP contribution in [0.1, 0.15) is 19.3 Å². The second-order valence-corrected chi connectivity index (χ2v) is 3.49. The quantitative estimate of drug-likeness (QED) is 0.470. The molecular formula is C11H14ClN3O. The van der Waals surface area contributed by atoms with Crippen LogP contribution in [0.3, 0.4) is 0 Å². The van der Waals surface area contributed by atoms with Crippen molar-refractivity contribution >= 4 is 17.4 Å². The Morgan fingerprint density at radius 1 is 1.50 bits per heavy atom. The third-order valence-corrected chi connectivity index (χ3v) is 2.27. The van der Waals surface area contributed by atoms with Crippen molar-refractivity contribution in [2.24, 2.45) is 0 Å². The molecule has 1 rings (SSSR count). The van der Waals surface area contributed by atoms with Gasteiger partial charge in [-0.1, -0.05) is 11.6 Å². The molecule has 0 aliphatic heterocycles. The van der Waals surface area contributed by atoms with Gasteiger partial charge in [0.1, 0.15) is 6.33 Å². The number of nitrogens with zero attached hydrogens (tertiary/aromatic N) is 2. The van der Waals surface area contributed by atoms with Crippen LogP contribution in [0.25, 0.3) is 0 Å². The molecule has 1 N–H and O–H groups in total. The third kappa shape index (κ3) is 3.59. The first-order valence-corrected chi connectivity index (χ1v) is 5.39. The fourth-order valence-corrected chi connectivity index (χ4v) is 1.43. The van der Waals surface area contributed by atoms with Crippen LogP contribution >= 0.6 is 11.6 Å². The maximum absolute atomic E-state index is 5.85. The molecule has 1 aromatic heterocycles. The summed E-state index contributed by atoms with van der Waals surface area (Å²) in [6.45, 7) is 0.783. The van der Waals surface area contributed by atoms with Crippen molar-refractivity contribution in [1.82, 2.24) is 9.97 Å². The van der Waals surface area contributed by atoms with Crippen molar-refractivity contribution in [3.63, 3.8) is 0 Å². The zero-order valence-electron chi connectivity index (χ0n) is 9.16. The van der Waals surface area contributed by atoms with Gasteiger partial charge in [0.2, 0.25) is 0 Å². The molecule has 86 valence electrons. The molecule has 0 atom stereocenters. The molecule has 0 unspecified atom stereocenters. The van der Waals surface area contributed by atoms with E-state index < -0.39 is 0 Å². The van der Waals surface area contributed by atoms with E-state index in [4.69, 9.17) is 22.8 Å². The summed E-state index contributed by atoms with van der Waals surface area (Å²) >= 11 is 5.85. The highest BCUT2D eigenvalue weighted by Crippen LogP contribution is 2.28. The number of hydrogen-bond acceptors (Lipinski definition) is 4. The Bertz CT molecular complexity index is 376. The Labute approximate surface area is 100 Å². The number of hydrogen-bond donors (Lipinski definition) is 1. The third-order valence-electron chi connectivity index (χ3n) is 2.00. The van der Waals surface area contributed by atoms with Gasteiger partial charge in [-0.05, 0) is 12.8 Å². The lowest BCUT2D eigenvalue weighted by molar-refractivity contribution is 0.413. The van der Waals surface area contributed by atoms with E-state index in [1.807, 2.05) is 0 Å². The minimum Gasteiger partial charge on any atom is -0.490 e. The first-order chi connectivity index (χ1) is 7.79. The zero-order chi connectivity index (χ0) is 11.8. The van der Waals surface area contributed by atoms with Crippen molar-refractivity contribution in [3.8, 4) is 18.1 Å². The maximum Gasteiger partial charge on any atom is 0.198 e. The van der Waals surface area contributed by atoms with E-state index in [9.17, 15) is 0 Å². The molecule has 1 heterocycles. The first-order valence-electron chi connectivity index (χ1n) is 5.01. The summed E-state index contributed by atoms with van der Waals surface area (Å²) in [5.41, 5.74) is 0. The fourth-order valence-electron chi connectivity index (χ4n) is 1.22. The summed E-state index contributed by atoms with van der Waals surface area (Å²) in [6.07, 6.45) is 9.32. The number of halogens is 1. The molecule has 0 saturated heterocycles. The number of rotatable bonds is 6. The summed E-state index contributed by atoms with van der Waals surface area (Å²) in [6, 6.07) is 0. The lowest BCUT2D eigenvalue weighted by Gasteiger charge is -2.09. The van der Waals surface area contributed by atoms with Gasteiger partial charge in [-0.25, -0.2) is 9.97 Å². The number of nitrogens with one attached hydrogen (secondary N) is 1. The highest BCUT2D eigenvalue weighted by Gasteiger charge is 2.08. The summed E-state index contributed by atoms with van der Waals surface area (Å²) in [5.74, 6) is 3.69. The highest BCUT2D eigenvalue weighted by atomic mass is 35.5. The molecule has 0 aliphatic rings. The predicted molar refractivity (Wildman–Crippen MR) is 64.8 cm³/mol. The second kappa shape index (κ2) is 6.91. The van der Waals surface area contributed by atoms with E-state index in [2.05, 4.69) is 21.2 Å². The van der Waals surface area contributed by atoms with Crippen LogP contribution in [0.4, 0.5) is 5.82 Å². The normalized spacial score (nSPS) is 9.56. The van der Waals surface area contributed by atoms with Crippen LogP contribution in [0.2, 0.25) is 5.15 Å². The van der Waals surface area contributed by atoms with Crippen molar-refractivity contribution in [2.45, 2.75) is 19.3 Å². The zero-order valence-corrected chi connectivity index (χ0v) is 9.92. The summed E-state index contributed by atoms with van der Waals surface area (Å²) in [5, 5.41) is 3.44. The van der Waals surface area contributed by atoms with Gasteiger partial charge in [0.05, 0.1) is 7.11 Å². The van der Waals surface area contributed by atoms with Gasteiger partial charge < -0.3 is 10.1 Å². The minimum absolute atomic E-state index is 0.309. The topological polar surface area (TPSA) is 47.0 Å². The maximum atomic E-state index is 5.85. The molecule has 16 heavy (non-hydrogen) atoms. The van der Waals surface area contributed by atoms with Crippen molar-refractivity contribution in [3.05, 3.63) is 11.5 Å². The lowest BCUT2D eigenvalue weighted by Crippen LogP contribution is -2.05. The summed E-state index contributed by atoms with van der Waals surface area (Å²) in [7, 11) is 1.54. The number of aromatic nitrogens is 2. The van der Waals surface area contributed by atoms with E-state index in [0.29, 0.717) is 16.7 Å². The van der Waals surface area contributed by atoms with E-state index >= 15 is 0 Å². The van der Waals surface area contributed by atoms with Gasteiger partial charge in [0, 0.05) is 13.0 Å². The average molecular weight is 240 g/mol. The average Bonchev–Trinajstić information content (AvgIpc) is 2.29. The van der Waals surface area contributed by atoms with Crippen LogP contribution in [0.5, 0.6) is 5.75 Å². The van der Waals surface area contributed by atoms with Crippen LogP contribution in [0, 0.1) is 12.3 Å². The Morgan fingerprint density at radius 3 is 3.00 bits per heavy atom. The van der Waals surface area contributed by atoms with Crippen molar-refractivity contribution in [1.29, 1.82) is 0 Å². The monoisotopic (exact) mass is 239 g/mol. The van der Waals surface area contributed by atoms with Gasteiger partial charge in [-0.3, -0.25) is 0 Å². The lowest BCUT2D eigenvalue weighted by atomic mass is 10.2. The molecule has 0 fully saturated rings. The fraction of sp³-hybridized carbons (Fsp3) is 0.455. The summed E-state index contributed by atoms with van der Waals surface area (Å²) in [4.78, 5) is 7.89. The Kier molecular flexibility index (Phi) is 5.44. The molecule has 4 nitrogen and oxygen atoms in total. The Balaban J connectivity index is 2.47. The van der Waals surface area contributed by atoms with Gasteiger partial charge >= 0.3 is 0 Å². The van der Waals surface area contributed by atoms with Crippen LogP contribution in [-0.4, -0.2) is 23.6 Å². The van der Waals surface area contributed by atoms with Gasteiger partial charge in [0.25, 0.3) is 0 Å². The second-order valence-electron chi connectivity index (χ2n) is 3.13. The highest BCUT2D eigenvalue weighted by molar-refractivity contribution is 6.31. The Hall–Kier alpha value is -1.47.